The number of hydrogen-bond donors (Lipinski definition) is 1. The summed E-state index contributed by atoms with van der Waals surface area (Å²) < 4.78 is 5.46. The molecule has 0 aliphatic heterocycles. The van der Waals surface area contributed by atoms with Gasteiger partial charge in [-0.15, -0.1) is 0 Å². The van der Waals surface area contributed by atoms with Crippen molar-refractivity contribution in [3.05, 3.63) is 52.5 Å². The normalized spacial score (nSPS) is 14.2. The Morgan fingerprint density at radius 2 is 1.95 bits per heavy atom. The Kier molecular flexibility index (Phi) is 4.18. The summed E-state index contributed by atoms with van der Waals surface area (Å²) in [6, 6.07) is 13.0. The van der Waals surface area contributed by atoms with Crippen LogP contribution in [0.25, 0.3) is 11.1 Å². The Morgan fingerprint density at radius 3 is 2.62 bits per heavy atom. The minimum Gasteiger partial charge on any atom is -0.496 e. The van der Waals surface area contributed by atoms with Crippen LogP contribution in [-0.2, 0) is 6.54 Å². The topological polar surface area (TPSA) is 21.3 Å². The van der Waals surface area contributed by atoms with Gasteiger partial charge in [0.2, 0.25) is 0 Å². The molecule has 0 bridgehead atoms. The highest BCUT2D eigenvalue weighted by Gasteiger charge is 2.20. The maximum absolute atomic E-state index is 6.13. The highest BCUT2D eigenvalue weighted by Crippen LogP contribution is 2.34. The van der Waals surface area contributed by atoms with Crippen LogP contribution in [0.4, 0.5) is 0 Å². The molecule has 0 heterocycles. The molecule has 0 saturated heterocycles. The average Bonchev–Trinajstić information content (AvgIpc) is 3.29. The van der Waals surface area contributed by atoms with Gasteiger partial charge in [-0.1, -0.05) is 29.8 Å². The van der Waals surface area contributed by atoms with Crippen LogP contribution in [0.3, 0.4) is 0 Å². The minimum atomic E-state index is 0.727. The van der Waals surface area contributed by atoms with Gasteiger partial charge in [0, 0.05) is 23.2 Å². The van der Waals surface area contributed by atoms with E-state index in [2.05, 4.69) is 30.4 Å². The van der Waals surface area contributed by atoms with E-state index >= 15 is 0 Å². The molecule has 2 aromatic rings. The summed E-state index contributed by atoms with van der Waals surface area (Å²) in [7, 11) is 1.69. The van der Waals surface area contributed by atoms with Crippen molar-refractivity contribution < 1.29 is 4.74 Å². The zero-order valence-electron chi connectivity index (χ0n) is 12.4. The molecule has 2 nitrogen and oxygen atoms in total. The highest BCUT2D eigenvalue weighted by atomic mass is 35.5. The van der Waals surface area contributed by atoms with E-state index in [4.69, 9.17) is 16.3 Å². The fourth-order valence-corrected chi connectivity index (χ4v) is 2.75. The van der Waals surface area contributed by atoms with Gasteiger partial charge in [-0.25, -0.2) is 0 Å². The first-order valence-electron chi connectivity index (χ1n) is 7.34. The van der Waals surface area contributed by atoms with E-state index in [0.717, 1.165) is 28.9 Å². The van der Waals surface area contributed by atoms with Crippen molar-refractivity contribution in [2.75, 3.05) is 7.11 Å². The molecule has 2 aromatic carbocycles. The predicted octanol–water partition coefficient (Wildman–Crippen LogP) is 4.58. The summed E-state index contributed by atoms with van der Waals surface area (Å²) in [4.78, 5) is 0. The van der Waals surface area contributed by atoms with Gasteiger partial charge < -0.3 is 10.1 Å². The number of ether oxygens (including phenoxy) is 1. The highest BCUT2D eigenvalue weighted by molar-refractivity contribution is 6.31. The van der Waals surface area contributed by atoms with E-state index in [9.17, 15) is 0 Å². The zero-order chi connectivity index (χ0) is 14.8. The van der Waals surface area contributed by atoms with Crippen molar-refractivity contribution in [3.8, 4) is 16.9 Å². The fraction of sp³-hybridized carbons (Fsp3) is 0.333. The van der Waals surface area contributed by atoms with Crippen LogP contribution in [0, 0.1) is 6.92 Å². The van der Waals surface area contributed by atoms with E-state index in [1.165, 1.54) is 29.5 Å². The molecule has 0 amide bonds. The van der Waals surface area contributed by atoms with Gasteiger partial charge in [0.25, 0.3) is 0 Å². The molecule has 1 aliphatic carbocycles. The van der Waals surface area contributed by atoms with Crippen LogP contribution in [0.2, 0.25) is 5.02 Å². The monoisotopic (exact) mass is 301 g/mol. The largest absolute Gasteiger partial charge is 0.496 e. The summed E-state index contributed by atoms with van der Waals surface area (Å²) in [6.45, 7) is 3.08. The third kappa shape index (κ3) is 3.39. The Labute approximate surface area is 131 Å². The number of aryl methyl sites for hydroxylation is 1. The maximum Gasteiger partial charge on any atom is 0.126 e. The lowest BCUT2D eigenvalue weighted by molar-refractivity contribution is 0.416. The Bertz CT molecular complexity index is 650. The Morgan fingerprint density at radius 1 is 1.14 bits per heavy atom. The third-order valence-electron chi connectivity index (χ3n) is 3.91. The number of halogens is 1. The number of rotatable bonds is 5. The van der Waals surface area contributed by atoms with Gasteiger partial charge in [0.05, 0.1) is 7.11 Å². The van der Waals surface area contributed by atoms with Crippen molar-refractivity contribution in [1.29, 1.82) is 0 Å². The van der Waals surface area contributed by atoms with Gasteiger partial charge in [0.15, 0.2) is 0 Å². The summed E-state index contributed by atoms with van der Waals surface area (Å²) >= 11 is 6.13. The van der Waals surface area contributed by atoms with Crippen LogP contribution in [-0.4, -0.2) is 13.2 Å². The van der Waals surface area contributed by atoms with Crippen LogP contribution >= 0.6 is 11.6 Å². The van der Waals surface area contributed by atoms with Crippen LogP contribution in [0.15, 0.2) is 36.4 Å². The number of nitrogens with one attached hydrogen (secondary N) is 1. The average molecular weight is 302 g/mol. The predicted molar refractivity (Wildman–Crippen MR) is 88.0 cm³/mol. The SMILES string of the molecule is COc1ccc(Cl)cc1-c1ccc(CNC2CC2)cc1C. The molecule has 21 heavy (non-hydrogen) atoms. The van der Waals surface area contributed by atoms with Crippen molar-refractivity contribution >= 4 is 11.6 Å². The summed E-state index contributed by atoms with van der Waals surface area (Å²) in [6.07, 6.45) is 2.63. The molecule has 1 aliphatic rings. The van der Waals surface area contributed by atoms with Crippen LogP contribution in [0.1, 0.15) is 24.0 Å². The van der Waals surface area contributed by atoms with Gasteiger partial charge in [-0.05, 0) is 54.7 Å². The molecule has 0 radical (unpaired) electrons. The van der Waals surface area contributed by atoms with Crippen molar-refractivity contribution in [2.45, 2.75) is 32.4 Å². The summed E-state index contributed by atoms with van der Waals surface area (Å²) in [5.41, 5.74) is 4.78. The minimum absolute atomic E-state index is 0.727. The molecule has 110 valence electrons. The molecule has 0 aromatic heterocycles. The first-order valence-corrected chi connectivity index (χ1v) is 7.72. The number of hydrogen-bond acceptors (Lipinski definition) is 2. The molecule has 1 fully saturated rings. The second kappa shape index (κ2) is 6.08. The molecule has 0 unspecified atom stereocenters. The summed E-state index contributed by atoms with van der Waals surface area (Å²) in [5.74, 6) is 0.853. The second-order valence-electron chi connectivity index (χ2n) is 5.65. The van der Waals surface area contributed by atoms with E-state index < -0.39 is 0 Å². The molecular formula is C18H20ClNO. The molecule has 0 spiro atoms. The summed E-state index contributed by atoms with van der Waals surface area (Å²) in [5, 5.41) is 4.27. The molecule has 3 heteroatoms. The Balaban J connectivity index is 1.89. The first kappa shape index (κ1) is 14.4. The lowest BCUT2D eigenvalue weighted by atomic mass is 9.97. The van der Waals surface area contributed by atoms with Crippen molar-refractivity contribution in [1.82, 2.24) is 5.32 Å². The fourth-order valence-electron chi connectivity index (χ4n) is 2.58. The van der Waals surface area contributed by atoms with Crippen molar-refractivity contribution in [2.24, 2.45) is 0 Å². The van der Waals surface area contributed by atoms with Crippen molar-refractivity contribution in [3.63, 3.8) is 0 Å². The van der Waals surface area contributed by atoms with Crippen LogP contribution < -0.4 is 10.1 Å². The van der Waals surface area contributed by atoms with E-state index in [0.29, 0.717) is 0 Å². The molecule has 1 N–H and O–H groups in total. The smallest absolute Gasteiger partial charge is 0.126 e. The van der Waals surface area contributed by atoms with Gasteiger partial charge in [-0.2, -0.15) is 0 Å². The van der Waals surface area contributed by atoms with E-state index in [1.807, 2.05) is 18.2 Å². The Hall–Kier alpha value is -1.51. The lowest BCUT2D eigenvalue weighted by Gasteiger charge is -2.13. The number of benzene rings is 2. The molecule has 1 saturated carbocycles. The zero-order valence-corrected chi connectivity index (χ0v) is 13.2. The van der Waals surface area contributed by atoms with E-state index in [-0.39, 0.29) is 0 Å². The molecular weight excluding hydrogens is 282 g/mol. The maximum atomic E-state index is 6.13. The molecule has 3 rings (SSSR count). The van der Waals surface area contributed by atoms with Gasteiger partial charge >= 0.3 is 0 Å². The first-order chi connectivity index (χ1) is 10.2. The van der Waals surface area contributed by atoms with Crippen LogP contribution in [0.5, 0.6) is 5.75 Å². The van der Waals surface area contributed by atoms with E-state index in [1.54, 1.807) is 7.11 Å². The van der Waals surface area contributed by atoms with Gasteiger partial charge in [-0.3, -0.25) is 0 Å². The van der Waals surface area contributed by atoms with Gasteiger partial charge in [0.1, 0.15) is 5.75 Å². The standard InChI is InChI=1S/C18H20ClNO/c1-12-9-13(11-20-15-5-6-15)3-7-16(12)17-10-14(19)4-8-18(17)21-2/h3-4,7-10,15,20H,5-6,11H2,1-2H3. The third-order valence-corrected chi connectivity index (χ3v) is 4.15. The molecule has 0 atom stereocenters. The number of methoxy groups -OCH3 is 1. The quantitative estimate of drug-likeness (QED) is 0.873. The lowest BCUT2D eigenvalue weighted by Crippen LogP contribution is -2.15. The second-order valence-corrected chi connectivity index (χ2v) is 6.09.